The fourth-order valence-corrected chi connectivity index (χ4v) is 2.77. The average Bonchev–Trinajstić information content (AvgIpc) is 2.54. The number of anilines is 2. The van der Waals surface area contributed by atoms with Crippen LogP contribution in [0.1, 0.15) is 16.7 Å². The van der Waals surface area contributed by atoms with Crippen LogP contribution in [0.5, 0.6) is 0 Å². The van der Waals surface area contributed by atoms with Gasteiger partial charge in [-0.3, -0.25) is 4.79 Å². The van der Waals surface area contributed by atoms with E-state index in [1.807, 2.05) is 30.3 Å². The Labute approximate surface area is 137 Å². The highest BCUT2D eigenvalue weighted by Crippen LogP contribution is 2.27. The van der Waals surface area contributed by atoms with Crippen molar-refractivity contribution in [1.82, 2.24) is 4.98 Å². The number of rotatable bonds is 4. The van der Waals surface area contributed by atoms with E-state index in [-0.39, 0.29) is 28.6 Å². The number of amides is 1. The molecule has 0 radical (unpaired) electrons. The van der Waals surface area contributed by atoms with E-state index in [1.54, 1.807) is 19.1 Å². The topological polar surface area (TPSA) is 116 Å². The van der Waals surface area contributed by atoms with E-state index in [1.165, 1.54) is 0 Å². The van der Waals surface area contributed by atoms with Gasteiger partial charge in [-0.05, 0) is 24.6 Å². The molecule has 0 saturated carbocycles. The Bertz CT molecular complexity index is 821. The molecule has 7 heteroatoms. The van der Waals surface area contributed by atoms with E-state index in [4.69, 9.17) is 11.0 Å². The molecule has 0 aliphatic rings. The van der Waals surface area contributed by atoms with Gasteiger partial charge in [0.25, 0.3) is 0 Å². The van der Waals surface area contributed by atoms with Crippen LogP contribution >= 0.6 is 11.8 Å². The molecule has 114 valence electrons. The molecule has 1 aromatic heterocycles. The highest BCUT2D eigenvalue weighted by Gasteiger charge is 2.16. The van der Waals surface area contributed by atoms with Gasteiger partial charge in [0.1, 0.15) is 23.0 Å². The minimum absolute atomic E-state index is 0.0648. The molecule has 23 heavy (non-hydrogen) atoms. The molecule has 0 fully saturated rings. The number of aromatic nitrogens is 1. The second kappa shape index (κ2) is 7.30. The number of carbonyl (C=O) groups excluding carboxylic acids is 1. The summed E-state index contributed by atoms with van der Waals surface area (Å²) >= 11 is 1.11. The highest BCUT2D eigenvalue weighted by atomic mass is 32.2. The number of benzene rings is 1. The van der Waals surface area contributed by atoms with Crippen LogP contribution in [0.2, 0.25) is 0 Å². The Morgan fingerprint density at radius 1 is 1.26 bits per heavy atom. The van der Waals surface area contributed by atoms with Crippen molar-refractivity contribution >= 4 is 29.2 Å². The van der Waals surface area contributed by atoms with E-state index in [2.05, 4.69) is 10.3 Å². The lowest BCUT2D eigenvalue weighted by atomic mass is 10.1. The summed E-state index contributed by atoms with van der Waals surface area (Å²) in [5.41, 5.74) is 7.37. The van der Waals surface area contributed by atoms with Crippen LogP contribution in [0.3, 0.4) is 0 Å². The second-order valence-corrected chi connectivity index (χ2v) is 5.57. The number of nitriles is 2. The van der Waals surface area contributed by atoms with Gasteiger partial charge < -0.3 is 11.1 Å². The lowest BCUT2D eigenvalue weighted by Crippen LogP contribution is -2.14. The third-order valence-electron chi connectivity index (χ3n) is 3.06. The number of nitrogens with two attached hydrogens (primary N) is 1. The number of hydrogen-bond donors (Lipinski definition) is 2. The van der Waals surface area contributed by atoms with Crippen LogP contribution in [-0.2, 0) is 4.79 Å². The smallest absolute Gasteiger partial charge is 0.234 e. The van der Waals surface area contributed by atoms with Crippen LogP contribution in [0, 0.1) is 29.6 Å². The fraction of sp³-hybridized carbons (Fsp3) is 0.125. The summed E-state index contributed by atoms with van der Waals surface area (Å²) < 4.78 is 0. The van der Waals surface area contributed by atoms with E-state index in [9.17, 15) is 10.1 Å². The quantitative estimate of drug-likeness (QED) is 0.835. The van der Waals surface area contributed by atoms with Gasteiger partial charge in [0.2, 0.25) is 5.91 Å². The Morgan fingerprint density at radius 3 is 2.52 bits per heavy atom. The predicted octanol–water partition coefficient (Wildman–Crippen LogP) is 2.45. The Hall–Kier alpha value is -3.03. The lowest BCUT2D eigenvalue weighted by Gasteiger charge is -2.09. The molecule has 2 aromatic rings. The van der Waals surface area contributed by atoms with Gasteiger partial charge in [-0.2, -0.15) is 10.5 Å². The minimum atomic E-state index is -0.215. The number of pyridine rings is 1. The number of nitrogens with zero attached hydrogens (tertiary/aromatic N) is 3. The second-order valence-electron chi connectivity index (χ2n) is 4.60. The normalized spacial score (nSPS) is 9.70. The first kappa shape index (κ1) is 16.3. The first-order chi connectivity index (χ1) is 11.1. The number of hydrogen-bond acceptors (Lipinski definition) is 6. The monoisotopic (exact) mass is 323 g/mol. The van der Waals surface area contributed by atoms with Gasteiger partial charge in [0.15, 0.2) is 0 Å². The zero-order valence-electron chi connectivity index (χ0n) is 12.3. The van der Waals surface area contributed by atoms with Crippen LogP contribution < -0.4 is 11.1 Å². The number of carbonyl (C=O) groups is 1. The molecular weight excluding hydrogens is 310 g/mol. The molecule has 0 atom stereocenters. The first-order valence-electron chi connectivity index (χ1n) is 6.64. The molecule has 1 heterocycles. The van der Waals surface area contributed by atoms with Crippen LogP contribution in [0.25, 0.3) is 0 Å². The maximum atomic E-state index is 12.0. The van der Waals surface area contributed by atoms with Gasteiger partial charge in [-0.1, -0.05) is 30.0 Å². The molecule has 0 bridgehead atoms. The Kier molecular flexibility index (Phi) is 5.19. The molecule has 0 saturated heterocycles. The predicted molar refractivity (Wildman–Crippen MR) is 88.6 cm³/mol. The molecule has 2 rings (SSSR count). The molecule has 1 amide bonds. The largest absolute Gasteiger partial charge is 0.383 e. The lowest BCUT2D eigenvalue weighted by molar-refractivity contribution is -0.113. The SMILES string of the molecule is Cc1c(C#N)c(N)nc(SCC(=O)Nc2ccccc2)c1C#N. The van der Waals surface area contributed by atoms with Gasteiger partial charge in [0, 0.05) is 5.69 Å². The Balaban J connectivity index is 2.14. The third-order valence-corrected chi connectivity index (χ3v) is 4.04. The van der Waals surface area contributed by atoms with Crippen LogP contribution in [0.15, 0.2) is 35.4 Å². The molecule has 3 N–H and O–H groups in total. The number of nitrogen functional groups attached to an aromatic ring is 1. The summed E-state index contributed by atoms with van der Waals surface area (Å²) in [5, 5.41) is 21.4. The standard InChI is InChI=1S/C16H13N5OS/c1-10-12(7-17)15(19)21-16(13(10)8-18)23-9-14(22)20-11-5-3-2-4-6-11/h2-6H,9H2,1H3,(H2,19,21)(H,20,22). The number of nitrogens with one attached hydrogen (secondary N) is 1. The van der Waals surface area contributed by atoms with Crippen molar-refractivity contribution in [1.29, 1.82) is 10.5 Å². The van der Waals surface area contributed by atoms with Crippen molar-refractivity contribution in [2.75, 3.05) is 16.8 Å². The van der Waals surface area contributed by atoms with E-state index in [0.29, 0.717) is 16.3 Å². The number of thioether (sulfide) groups is 1. The van der Waals surface area contributed by atoms with E-state index >= 15 is 0 Å². The van der Waals surface area contributed by atoms with Crippen molar-refractivity contribution in [3.05, 3.63) is 47.0 Å². The summed E-state index contributed by atoms with van der Waals surface area (Å²) in [7, 11) is 0. The van der Waals surface area contributed by atoms with Gasteiger partial charge >= 0.3 is 0 Å². The average molecular weight is 323 g/mol. The first-order valence-corrected chi connectivity index (χ1v) is 7.63. The van der Waals surface area contributed by atoms with Gasteiger partial charge in [-0.25, -0.2) is 4.98 Å². The molecular formula is C16H13N5OS. The molecule has 0 spiro atoms. The van der Waals surface area contributed by atoms with E-state index < -0.39 is 0 Å². The summed E-state index contributed by atoms with van der Waals surface area (Å²) in [5.74, 6) is -0.0658. The summed E-state index contributed by atoms with van der Waals surface area (Å²) in [6.45, 7) is 1.64. The van der Waals surface area contributed by atoms with Crippen molar-refractivity contribution < 1.29 is 4.79 Å². The minimum Gasteiger partial charge on any atom is -0.383 e. The maximum Gasteiger partial charge on any atom is 0.234 e. The summed E-state index contributed by atoms with van der Waals surface area (Å²) in [6.07, 6.45) is 0. The van der Waals surface area contributed by atoms with Crippen molar-refractivity contribution in [2.45, 2.75) is 11.9 Å². The van der Waals surface area contributed by atoms with Gasteiger partial charge in [-0.15, -0.1) is 0 Å². The zero-order chi connectivity index (χ0) is 16.8. The molecule has 6 nitrogen and oxygen atoms in total. The van der Waals surface area contributed by atoms with Crippen molar-refractivity contribution in [2.24, 2.45) is 0 Å². The fourth-order valence-electron chi connectivity index (χ4n) is 1.93. The van der Waals surface area contributed by atoms with Gasteiger partial charge in [0.05, 0.1) is 16.9 Å². The van der Waals surface area contributed by atoms with Crippen molar-refractivity contribution in [3.63, 3.8) is 0 Å². The van der Waals surface area contributed by atoms with E-state index in [0.717, 1.165) is 11.8 Å². The molecule has 1 aromatic carbocycles. The zero-order valence-corrected chi connectivity index (χ0v) is 13.1. The molecule has 0 aliphatic carbocycles. The maximum absolute atomic E-state index is 12.0. The third kappa shape index (κ3) is 3.79. The number of para-hydroxylation sites is 1. The van der Waals surface area contributed by atoms with Crippen LogP contribution in [0.4, 0.5) is 11.5 Å². The Morgan fingerprint density at radius 2 is 1.91 bits per heavy atom. The summed E-state index contributed by atoms with van der Waals surface area (Å²) in [4.78, 5) is 16.0. The summed E-state index contributed by atoms with van der Waals surface area (Å²) in [6, 6.07) is 13.0. The highest BCUT2D eigenvalue weighted by molar-refractivity contribution is 8.00. The van der Waals surface area contributed by atoms with Crippen LogP contribution in [-0.4, -0.2) is 16.6 Å². The van der Waals surface area contributed by atoms with Crippen molar-refractivity contribution in [3.8, 4) is 12.1 Å². The molecule has 0 unspecified atom stereocenters. The molecule has 0 aliphatic heterocycles.